The van der Waals surface area contributed by atoms with Crippen molar-refractivity contribution in [3.05, 3.63) is 27.1 Å². The van der Waals surface area contributed by atoms with Crippen molar-refractivity contribution < 1.29 is 9.84 Å². The third-order valence-corrected chi connectivity index (χ3v) is 4.01. The highest BCUT2D eigenvalue weighted by Crippen LogP contribution is 2.12. The van der Waals surface area contributed by atoms with E-state index in [4.69, 9.17) is 4.74 Å². The fourth-order valence-electron chi connectivity index (χ4n) is 2.07. The Bertz CT molecular complexity index is 654. The molecule has 2 aromatic rings. The molecule has 0 spiro atoms. The Morgan fingerprint density at radius 2 is 2.33 bits per heavy atom. The molecule has 2 heterocycles. The van der Waals surface area contributed by atoms with Gasteiger partial charge in [0.1, 0.15) is 5.01 Å². The minimum atomic E-state index is -0.556. The van der Waals surface area contributed by atoms with Crippen LogP contribution >= 0.6 is 11.3 Å². The number of hydrogen-bond donors (Lipinski definition) is 1. The zero-order chi connectivity index (χ0) is 15.4. The van der Waals surface area contributed by atoms with Gasteiger partial charge in [0.25, 0.3) is 5.56 Å². The van der Waals surface area contributed by atoms with E-state index < -0.39 is 6.10 Å². The second kappa shape index (κ2) is 7.08. The number of fused-ring (bicyclic) bond motifs is 1. The minimum absolute atomic E-state index is 0.170. The van der Waals surface area contributed by atoms with Gasteiger partial charge < -0.3 is 9.84 Å². The van der Waals surface area contributed by atoms with Gasteiger partial charge in [0, 0.05) is 26.3 Å². The maximum Gasteiger partial charge on any atom is 0.275 e. The molecule has 0 amide bonds. The lowest BCUT2D eigenvalue weighted by Gasteiger charge is -2.19. The van der Waals surface area contributed by atoms with Gasteiger partial charge in [0.2, 0.25) is 4.96 Å². The average Bonchev–Trinajstić information content (AvgIpc) is 2.82. The third kappa shape index (κ3) is 4.07. The molecule has 8 heteroatoms. The van der Waals surface area contributed by atoms with Gasteiger partial charge in [-0.15, -0.1) is 0 Å². The molecule has 0 bridgehead atoms. The van der Waals surface area contributed by atoms with Gasteiger partial charge in [-0.25, -0.2) is 4.98 Å². The van der Waals surface area contributed by atoms with Crippen molar-refractivity contribution in [2.45, 2.75) is 26.0 Å². The molecule has 7 nitrogen and oxygen atoms in total. The van der Waals surface area contributed by atoms with E-state index in [0.29, 0.717) is 23.7 Å². The zero-order valence-electron chi connectivity index (χ0n) is 12.4. The lowest BCUT2D eigenvalue weighted by Crippen LogP contribution is -2.32. The fourth-order valence-corrected chi connectivity index (χ4v) is 2.92. The molecule has 2 aromatic heterocycles. The number of ether oxygens (including phenoxy) is 1. The highest BCUT2D eigenvalue weighted by molar-refractivity contribution is 7.16. The van der Waals surface area contributed by atoms with E-state index in [9.17, 15) is 9.90 Å². The predicted molar refractivity (Wildman–Crippen MR) is 80.7 cm³/mol. The summed E-state index contributed by atoms with van der Waals surface area (Å²) in [5.74, 6) is 0. The molecule has 1 N–H and O–H groups in total. The van der Waals surface area contributed by atoms with E-state index in [1.807, 2.05) is 18.9 Å². The fraction of sp³-hybridized carbons (Fsp3) is 0.615. The van der Waals surface area contributed by atoms with E-state index in [0.717, 1.165) is 11.4 Å². The van der Waals surface area contributed by atoms with Gasteiger partial charge in [-0.1, -0.05) is 18.3 Å². The zero-order valence-corrected chi connectivity index (χ0v) is 13.3. The average molecular weight is 312 g/mol. The first-order chi connectivity index (χ1) is 10.0. The molecule has 0 aliphatic carbocycles. The van der Waals surface area contributed by atoms with E-state index in [-0.39, 0.29) is 12.2 Å². The van der Waals surface area contributed by atoms with Crippen molar-refractivity contribution in [1.82, 2.24) is 19.5 Å². The van der Waals surface area contributed by atoms with Gasteiger partial charge in [0.05, 0.1) is 18.4 Å². The number of nitrogens with zero attached hydrogens (tertiary/aromatic N) is 4. The third-order valence-electron chi connectivity index (χ3n) is 2.96. The Balaban J connectivity index is 2.13. The van der Waals surface area contributed by atoms with Crippen LogP contribution in [0.1, 0.15) is 17.6 Å². The largest absolute Gasteiger partial charge is 0.389 e. The number of aliphatic hydroxyl groups excluding tert-OH is 1. The second-order valence-corrected chi connectivity index (χ2v) is 5.98. The van der Waals surface area contributed by atoms with Crippen LogP contribution < -0.4 is 5.56 Å². The SMILES string of the molecule is CCc1nn2c(=O)cc(CN(C)CC(O)COC)nc2s1. The molecule has 116 valence electrons. The molecule has 1 unspecified atom stereocenters. The van der Waals surface area contributed by atoms with E-state index >= 15 is 0 Å². The molecule has 0 aliphatic heterocycles. The van der Waals surface area contributed by atoms with Crippen LogP contribution in [0.2, 0.25) is 0 Å². The van der Waals surface area contributed by atoms with E-state index in [1.165, 1.54) is 21.9 Å². The molecule has 0 saturated carbocycles. The van der Waals surface area contributed by atoms with E-state index in [2.05, 4.69) is 10.1 Å². The molecular weight excluding hydrogens is 292 g/mol. The maximum absolute atomic E-state index is 12.0. The molecule has 0 saturated heterocycles. The summed E-state index contributed by atoms with van der Waals surface area (Å²) in [5.41, 5.74) is 0.509. The van der Waals surface area contributed by atoms with Gasteiger partial charge in [-0.3, -0.25) is 9.69 Å². The molecule has 1 atom stereocenters. The normalized spacial score (nSPS) is 13.2. The Kier molecular flexibility index (Phi) is 5.40. The molecule has 0 radical (unpaired) electrons. The topological polar surface area (TPSA) is 80.0 Å². The first-order valence-electron chi connectivity index (χ1n) is 6.77. The molecule has 0 aliphatic rings. The first kappa shape index (κ1) is 16.0. The van der Waals surface area contributed by atoms with Gasteiger partial charge in [-0.05, 0) is 13.5 Å². The number of aromatic nitrogens is 3. The van der Waals surface area contributed by atoms with Crippen LogP contribution in [-0.4, -0.2) is 58.0 Å². The summed E-state index contributed by atoms with van der Waals surface area (Å²) in [5, 5.41) is 14.8. The summed E-state index contributed by atoms with van der Waals surface area (Å²) in [4.78, 5) is 19.0. The van der Waals surface area contributed by atoms with Crippen LogP contribution in [0.15, 0.2) is 10.9 Å². The Morgan fingerprint density at radius 3 is 3.00 bits per heavy atom. The monoisotopic (exact) mass is 312 g/mol. The number of likely N-dealkylation sites (N-methyl/N-ethyl adjacent to an activating group) is 1. The van der Waals surface area contributed by atoms with Crippen LogP contribution in [0.5, 0.6) is 0 Å². The smallest absolute Gasteiger partial charge is 0.275 e. The van der Waals surface area contributed by atoms with E-state index in [1.54, 1.807) is 7.11 Å². The van der Waals surface area contributed by atoms with Gasteiger partial charge >= 0.3 is 0 Å². The first-order valence-corrected chi connectivity index (χ1v) is 7.59. The minimum Gasteiger partial charge on any atom is -0.389 e. The number of rotatable bonds is 7. The van der Waals surface area contributed by atoms with Crippen molar-refractivity contribution in [2.75, 3.05) is 27.3 Å². The van der Waals surface area contributed by atoms with Crippen molar-refractivity contribution in [1.29, 1.82) is 0 Å². The quantitative estimate of drug-likeness (QED) is 0.784. The van der Waals surface area contributed by atoms with Crippen LogP contribution in [0.3, 0.4) is 0 Å². The summed E-state index contributed by atoms with van der Waals surface area (Å²) in [6, 6.07) is 1.49. The summed E-state index contributed by atoms with van der Waals surface area (Å²) in [6.07, 6.45) is 0.228. The number of methoxy groups -OCH3 is 1. The van der Waals surface area contributed by atoms with Crippen molar-refractivity contribution in [3.8, 4) is 0 Å². The Labute approximate surface area is 126 Å². The van der Waals surface area contributed by atoms with Gasteiger partial charge in [-0.2, -0.15) is 9.61 Å². The summed E-state index contributed by atoms with van der Waals surface area (Å²) < 4.78 is 6.23. The van der Waals surface area contributed by atoms with Crippen molar-refractivity contribution >= 4 is 16.3 Å². The highest BCUT2D eigenvalue weighted by atomic mass is 32.1. The van der Waals surface area contributed by atoms with Crippen LogP contribution in [0, 0.1) is 0 Å². The summed E-state index contributed by atoms with van der Waals surface area (Å²) in [6.45, 7) is 3.23. The van der Waals surface area contributed by atoms with Crippen LogP contribution in [0.4, 0.5) is 0 Å². The number of aliphatic hydroxyl groups is 1. The number of hydrogen-bond acceptors (Lipinski definition) is 7. The van der Waals surface area contributed by atoms with Crippen LogP contribution in [0.25, 0.3) is 4.96 Å². The standard InChI is InChI=1S/C13H20N4O3S/c1-4-11-15-17-12(19)5-9(14-13(17)21-11)6-16(2)7-10(18)8-20-3/h5,10,18H,4,6-8H2,1-3H3. The Hall–Kier alpha value is -1.35. The molecule has 21 heavy (non-hydrogen) atoms. The van der Waals surface area contributed by atoms with Gasteiger partial charge in [0.15, 0.2) is 0 Å². The molecular formula is C13H20N4O3S. The predicted octanol–water partition coefficient (Wildman–Crippen LogP) is 0.152. The molecule has 0 fully saturated rings. The lowest BCUT2D eigenvalue weighted by atomic mass is 10.3. The molecule has 0 aromatic carbocycles. The second-order valence-electron chi connectivity index (χ2n) is 4.94. The Morgan fingerprint density at radius 1 is 1.57 bits per heavy atom. The van der Waals surface area contributed by atoms with Crippen LogP contribution in [-0.2, 0) is 17.7 Å². The number of aryl methyl sites for hydroxylation is 1. The summed E-state index contributed by atoms with van der Waals surface area (Å²) >= 11 is 1.43. The lowest BCUT2D eigenvalue weighted by molar-refractivity contribution is 0.0417. The van der Waals surface area contributed by atoms with Crippen molar-refractivity contribution in [2.24, 2.45) is 0 Å². The summed E-state index contributed by atoms with van der Waals surface area (Å²) in [7, 11) is 3.42. The van der Waals surface area contributed by atoms with Crippen molar-refractivity contribution in [3.63, 3.8) is 0 Å². The highest BCUT2D eigenvalue weighted by Gasteiger charge is 2.12. The molecule has 2 rings (SSSR count). The maximum atomic E-state index is 12.0.